The van der Waals surface area contributed by atoms with E-state index >= 15 is 0 Å². The summed E-state index contributed by atoms with van der Waals surface area (Å²) in [4.78, 5) is 4.24. The second-order valence-corrected chi connectivity index (χ2v) is 7.01. The van der Waals surface area contributed by atoms with Gasteiger partial charge in [0.15, 0.2) is 5.96 Å². The highest BCUT2D eigenvalue weighted by Gasteiger charge is 2.16. The Morgan fingerprint density at radius 1 is 1.29 bits per heavy atom. The second-order valence-electron chi connectivity index (χ2n) is 5.49. The SMILES string of the molecule is CN=C(NCc1cc2ccccc2o1)NCC(C)(C)SC. The maximum absolute atomic E-state index is 5.78. The van der Waals surface area contributed by atoms with Crippen molar-refractivity contribution < 1.29 is 4.42 Å². The van der Waals surface area contributed by atoms with Crippen LogP contribution in [0.2, 0.25) is 0 Å². The summed E-state index contributed by atoms with van der Waals surface area (Å²) >= 11 is 1.83. The Labute approximate surface area is 130 Å². The largest absolute Gasteiger partial charge is 0.459 e. The molecule has 0 saturated carbocycles. The van der Waals surface area contributed by atoms with Gasteiger partial charge in [0, 0.05) is 23.7 Å². The quantitative estimate of drug-likeness (QED) is 0.658. The Morgan fingerprint density at radius 3 is 2.71 bits per heavy atom. The molecule has 0 amide bonds. The molecule has 0 atom stereocenters. The number of guanidine groups is 1. The van der Waals surface area contributed by atoms with Crippen LogP contribution in [-0.4, -0.2) is 30.6 Å². The Morgan fingerprint density at radius 2 is 2.05 bits per heavy atom. The molecule has 0 radical (unpaired) electrons. The van der Waals surface area contributed by atoms with Gasteiger partial charge in [0.2, 0.25) is 0 Å². The molecule has 114 valence electrons. The first-order chi connectivity index (χ1) is 10.0. The first kappa shape index (κ1) is 15.8. The van der Waals surface area contributed by atoms with Gasteiger partial charge in [-0.15, -0.1) is 0 Å². The number of aliphatic imine (C=N–C) groups is 1. The molecule has 1 aromatic heterocycles. The number of furan rings is 1. The van der Waals surface area contributed by atoms with Gasteiger partial charge in [-0.2, -0.15) is 11.8 Å². The average molecular weight is 305 g/mol. The third-order valence-corrected chi connectivity index (χ3v) is 4.61. The topological polar surface area (TPSA) is 49.6 Å². The van der Waals surface area contributed by atoms with Crippen molar-refractivity contribution in [1.29, 1.82) is 0 Å². The van der Waals surface area contributed by atoms with E-state index in [1.54, 1.807) is 7.05 Å². The Hall–Kier alpha value is -1.62. The lowest BCUT2D eigenvalue weighted by Crippen LogP contribution is -2.42. The number of fused-ring (bicyclic) bond motifs is 1. The number of hydrogen-bond donors (Lipinski definition) is 2. The van der Waals surface area contributed by atoms with E-state index in [9.17, 15) is 0 Å². The molecule has 21 heavy (non-hydrogen) atoms. The molecule has 0 saturated heterocycles. The molecule has 0 aliphatic rings. The summed E-state index contributed by atoms with van der Waals surface area (Å²) in [7, 11) is 1.78. The van der Waals surface area contributed by atoms with Crippen LogP contribution in [0.15, 0.2) is 39.7 Å². The molecule has 0 unspecified atom stereocenters. The molecule has 2 aromatic rings. The molecular weight excluding hydrogens is 282 g/mol. The van der Waals surface area contributed by atoms with Crippen LogP contribution in [0.4, 0.5) is 0 Å². The summed E-state index contributed by atoms with van der Waals surface area (Å²) in [5.41, 5.74) is 0.917. The molecule has 0 bridgehead atoms. The van der Waals surface area contributed by atoms with Crippen molar-refractivity contribution in [2.45, 2.75) is 25.1 Å². The van der Waals surface area contributed by atoms with Crippen LogP contribution in [0, 0.1) is 0 Å². The number of benzene rings is 1. The molecule has 1 heterocycles. The van der Waals surface area contributed by atoms with Crippen molar-refractivity contribution in [2.24, 2.45) is 4.99 Å². The number of rotatable bonds is 5. The molecule has 2 N–H and O–H groups in total. The van der Waals surface area contributed by atoms with Crippen LogP contribution in [0.5, 0.6) is 0 Å². The molecule has 0 fully saturated rings. The third kappa shape index (κ3) is 4.43. The highest BCUT2D eigenvalue weighted by atomic mass is 32.2. The summed E-state index contributed by atoms with van der Waals surface area (Å²) in [6, 6.07) is 10.1. The van der Waals surface area contributed by atoms with Gasteiger partial charge in [0.25, 0.3) is 0 Å². The van der Waals surface area contributed by atoms with Crippen LogP contribution in [0.3, 0.4) is 0 Å². The fourth-order valence-corrected chi connectivity index (χ4v) is 2.10. The Balaban J connectivity index is 1.91. The van der Waals surface area contributed by atoms with Crippen LogP contribution >= 0.6 is 11.8 Å². The van der Waals surface area contributed by atoms with Crippen LogP contribution in [0.25, 0.3) is 11.0 Å². The van der Waals surface area contributed by atoms with Crippen molar-refractivity contribution >= 4 is 28.7 Å². The van der Waals surface area contributed by atoms with Gasteiger partial charge in [-0.25, -0.2) is 0 Å². The zero-order chi connectivity index (χ0) is 15.3. The summed E-state index contributed by atoms with van der Waals surface area (Å²) in [5, 5.41) is 7.75. The summed E-state index contributed by atoms with van der Waals surface area (Å²) in [5.74, 6) is 1.70. The van der Waals surface area contributed by atoms with Crippen molar-refractivity contribution in [2.75, 3.05) is 19.8 Å². The lowest BCUT2D eigenvalue weighted by molar-refractivity contribution is 0.537. The molecule has 2 rings (SSSR count). The smallest absolute Gasteiger partial charge is 0.191 e. The van der Waals surface area contributed by atoms with Gasteiger partial charge in [-0.05, 0) is 32.2 Å². The molecule has 0 aliphatic heterocycles. The van der Waals surface area contributed by atoms with Crippen molar-refractivity contribution in [1.82, 2.24) is 10.6 Å². The maximum atomic E-state index is 5.78. The second kappa shape index (κ2) is 6.89. The van der Waals surface area contributed by atoms with Crippen molar-refractivity contribution in [3.05, 3.63) is 36.1 Å². The van der Waals surface area contributed by atoms with E-state index in [-0.39, 0.29) is 4.75 Å². The summed E-state index contributed by atoms with van der Waals surface area (Å²) in [6.07, 6.45) is 2.12. The summed E-state index contributed by atoms with van der Waals surface area (Å²) in [6.45, 7) is 5.89. The van der Waals surface area contributed by atoms with Gasteiger partial charge >= 0.3 is 0 Å². The first-order valence-corrected chi connectivity index (χ1v) is 8.24. The predicted octanol–water partition coefficient (Wildman–Crippen LogP) is 3.24. The molecule has 1 aromatic carbocycles. The minimum absolute atomic E-state index is 0.178. The number of nitrogens with zero attached hydrogens (tertiary/aromatic N) is 1. The summed E-state index contributed by atoms with van der Waals surface area (Å²) < 4.78 is 5.96. The third-order valence-electron chi connectivity index (χ3n) is 3.36. The lowest BCUT2D eigenvalue weighted by atomic mass is 10.2. The van der Waals surface area contributed by atoms with Crippen LogP contribution in [0.1, 0.15) is 19.6 Å². The van der Waals surface area contributed by atoms with E-state index < -0.39 is 0 Å². The van der Waals surface area contributed by atoms with E-state index in [0.29, 0.717) is 6.54 Å². The number of para-hydroxylation sites is 1. The van der Waals surface area contributed by atoms with Crippen molar-refractivity contribution in [3.8, 4) is 0 Å². The fourth-order valence-electron chi connectivity index (χ4n) is 1.88. The Bertz CT molecular complexity index is 586. The van der Waals surface area contributed by atoms with Gasteiger partial charge in [0.05, 0.1) is 6.54 Å². The number of thioether (sulfide) groups is 1. The molecule has 0 spiro atoms. The monoisotopic (exact) mass is 305 g/mol. The maximum Gasteiger partial charge on any atom is 0.191 e. The predicted molar refractivity (Wildman–Crippen MR) is 92.0 cm³/mol. The highest BCUT2D eigenvalue weighted by molar-refractivity contribution is 7.99. The van der Waals surface area contributed by atoms with Crippen molar-refractivity contribution in [3.63, 3.8) is 0 Å². The first-order valence-electron chi connectivity index (χ1n) is 7.01. The standard InChI is InChI=1S/C16H23N3OS/c1-16(2,21-4)11-19-15(17-3)18-10-13-9-12-7-5-6-8-14(12)20-13/h5-9H,10-11H2,1-4H3,(H2,17,18,19). The van der Waals surface area contributed by atoms with Gasteiger partial charge < -0.3 is 15.1 Å². The normalized spacial score (nSPS) is 12.7. The zero-order valence-electron chi connectivity index (χ0n) is 13.1. The van der Waals surface area contributed by atoms with E-state index in [1.807, 2.05) is 30.0 Å². The van der Waals surface area contributed by atoms with Crippen LogP contribution < -0.4 is 10.6 Å². The fraction of sp³-hybridized carbons (Fsp3) is 0.438. The molecule has 0 aliphatic carbocycles. The molecule has 5 heteroatoms. The van der Waals surface area contributed by atoms with Gasteiger partial charge in [0.1, 0.15) is 11.3 Å². The van der Waals surface area contributed by atoms with E-state index in [1.165, 1.54) is 0 Å². The van der Waals surface area contributed by atoms with Crippen LogP contribution in [-0.2, 0) is 6.54 Å². The highest BCUT2D eigenvalue weighted by Crippen LogP contribution is 2.20. The van der Waals surface area contributed by atoms with E-state index in [2.05, 4.69) is 47.9 Å². The van der Waals surface area contributed by atoms with E-state index in [0.717, 1.165) is 29.2 Å². The van der Waals surface area contributed by atoms with E-state index in [4.69, 9.17) is 4.42 Å². The minimum atomic E-state index is 0.178. The lowest BCUT2D eigenvalue weighted by Gasteiger charge is -2.23. The minimum Gasteiger partial charge on any atom is -0.459 e. The molecule has 4 nitrogen and oxygen atoms in total. The molecular formula is C16H23N3OS. The Kier molecular flexibility index (Phi) is 5.17. The van der Waals surface area contributed by atoms with Gasteiger partial charge in [-0.3, -0.25) is 4.99 Å². The number of hydrogen-bond acceptors (Lipinski definition) is 3. The average Bonchev–Trinajstić information content (AvgIpc) is 2.90. The van der Waals surface area contributed by atoms with Gasteiger partial charge in [-0.1, -0.05) is 18.2 Å². The zero-order valence-corrected chi connectivity index (χ0v) is 13.9. The number of nitrogens with one attached hydrogen (secondary N) is 2.